The van der Waals surface area contributed by atoms with E-state index in [9.17, 15) is 4.39 Å². The van der Waals surface area contributed by atoms with Gasteiger partial charge in [0.15, 0.2) is 0 Å². The number of nitrogens with one attached hydrogen (secondary N) is 1. The first kappa shape index (κ1) is 12.8. The average Bonchev–Trinajstić information content (AvgIpc) is 3.17. The fourth-order valence-corrected chi connectivity index (χ4v) is 2.60. The normalized spacial score (nSPS) is 14.5. The van der Waals surface area contributed by atoms with E-state index < -0.39 is 0 Å². The second kappa shape index (κ2) is 4.74. The molecule has 0 saturated heterocycles. The molecule has 1 aromatic carbocycles. The van der Waals surface area contributed by atoms with Crippen molar-refractivity contribution in [2.75, 3.05) is 0 Å². The summed E-state index contributed by atoms with van der Waals surface area (Å²) in [5.41, 5.74) is 8.75. The van der Waals surface area contributed by atoms with Gasteiger partial charge in [0.2, 0.25) is 0 Å². The molecule has 3 rings (SSSR count). The van der Waals surface area contributed by atoms with Crippen molar-refractivity contribution in [2.24, 2.45) is 5.73 Å². The van der Waals surface area contributed by atoms with Crippen molar-refractivity contribution in [3.05, 3.63) is 52.6 Å². The van der Waals surface area contributed by atoms with Crippen molar-refractivity contribution >= 4 is 5.84 Å². The molecule has 3 N–H and O–H groups in total. The molecule has 104 valence electrons. The van der Waals surface area contributed by atoms with Crippen molar-refractivity contribution in [3.8, 4) is 0 Å². The zero-order valence-corrected chi connectivity index (χ0v) is 11.4. The van der Waals surface area contributed by atoms with Crippen LogP contribution in [0.4, 0.5) is 4.39 Å². The standard InChI is InChI=1S/C15H17FN4/c1-9-13(15(17)18)19-20(14(9)10-6-7-10)8-11-4-2-3-5-12(11)16/h2-5,10H,6-8H2,1H3,(H3,17,18). The Kier molecular flexibility index (Phi) is 3.04. The summed E-state index contributed by atoms with van der Waals surface area (Å²) in [6.45, 7) is 2.32. The van der Waals surface area contributed by atoms with Crippen LogP contribution >= 0.6 is 0 Å². The molecule has 1 saturated carbocycles. The fraction of sp³-hybridized carbons (Fsp3) is 0.333. The molecule has 1 aliphatic carbocycles. The number of nitrogens with two attached hydrogens (primary N) is 1. The highest BCUT2D eigenvalue weighted by molar-refractivity contribution is 5.94. The number of nitrogen functional groups attached to an aromatic ring is 1. The molecular weight excluding hydrogens is 255 g/mol. The van der Waals surface area contributed by atoms with Gasteiger partial charge in [-0.25, -0.2) is 4.39 Å². The molecular formula is C15H17FN4. The molecule has 4 nitrogen and oxygen atoms in total. The van der Waals surface area contributed by atoms with Gasteiger partial charge in [0.25, 0.3) is 0 Å². The summed E-state index contributed by atoms with van der Waals surface area (Å²) in [7, 11) is 0. The Bertz CT molecular complexity index is 671. The lowest BCUT2D eigenvalue weighted by Crippen LogP contribution is -2.14. The summed E-state index contributed by atoms with van der Waals surface area (Å²) in [6, 6.07) is 6.71. The lowest BCUT2D eigenvalue weighted by atomic mass is 10.1. The van der Waals surface area contributed by atoms with Gasteiger partial charge in [0.1, 0.15) is 17.3 Å². The second-order valence-corrected chi connectivity index (χ2v) is 5.30. The molecule has 1 aromatic heterocycles. The van der Waals surface area contributed by atoms with Gasteiger partial charge in [-0.05, 0) is 25.8 Å². The molecule has 0 atom stereocenters. The zero-order valence-electron chi connectivity index (χ0n) is 11.4. The molecule has 1 fully saturated rings. The van der Waals surface area contributed by atoms with E-state index >= 15 is 0 Å². The summed E-state index contributed by atoms with van der Waals surface area (Å²) in [4.78, 5) is 0. The fourth-order valence-electron chi connectivity index (χ4n) is 2.60. The topological polar surface area (TPSA) is 67.7 Å². The molecule has 20 heavy (non-hydrogen) atoms. The van der Waals surface area contributed by atoms with Gasteiger partial charge in [-0.15, -0.1) is 0 Å². The van der Waals surface area contributed by atoms with Crippen LogP contribution in [0.25, 0.3) is 0 Å². The van der Waals surface area contributed by atoms with Crippen LogP contribution in [0.1, 0.15) is 41.3 Å². The van der Waals surface area contributed by atoms with Gasteiger partial charge in [-0.2, -0.15) is 5.10 Å². The van der Waals surface area contributed by atoms with Gasteiger partial charge in [0, 0.05) is 22.7 Å². The Morgan fingerprint density at radius 1 is 1.45 bits per heavy atom. The summed E-state index contributed by atoms with van der Waals surface area (Å²) in [5.74, 6) is 0.214. The Morgan fingerprint density at radius 2 is 2.15 bits per heavy atom. The Hall–Kier alpha value is -2.17. The number of benzene rings is 1. The smallest absolute Gasteiger partial charge is 0.144 e. The summed E-state index contributed by atoms with van der Waals surface area (Å²) < 4.78 is 15.6. The van der Waals surface area contributed by atoms with Gasteiger partial charge in [-0.1, -0.05) is 18.2 Å². The van der Waals surface area contributed by atoms with Crippen LogP contribution in [-0.4, -0.2) is 15.6 Å². The molecule has 2 aromatic rings. The molecule has 0 aliphatic heterocycles. The predicted octanol–water partition coefficient (Wildman–Crippen LogP) is 2.54. The molecule has 0 amide bonds. The third-order valence-electron chi connectivity index (χ3n) is 3.74. The first-order valence-corrected chi connectivity index (χ1v) is 6.73. The number of hydrogen-bond acceptors (Lipinski definition) is 2. The molecule has 0 unspecified atom stereocenters. The molecule has 0 spiro atoms. The third-order valence-corrected chi connectivity index (χ3v) is 3.74. The van der Waals surface area contributed by atoms with E-state index in [1.165, 1.54) is 6.07 Å². The lowest BCUT2D eigenvalue weighted by molar-refractivity contribution is 0.574. The van der Waals surface area contributed by atoms with E-state index in [0.717, 1.165) is 24.1 Å². The van der Waals surface area contributed by atoms with E-state index in [1.54, 1.807) is 12.1 Å². The number of amidine groups is 1. The molecule has 0 radical (unpaired) electrons. The highest BCUT2D eigenvalue weighted by atomic mass is 19.1. The van der Waals surface area contributed by atoms with E-state index in [0.29, 0.717) is 23.7 Å². The predicted molar refractivity (Wildman–Crippen MR) is 75.5 cm³/mol. The third kappa shape index (κ3) is 2.19. The maximum Gasteiger partial charge on any atom is 0.144 e. The van der Waals surface area contributed by atoms with Gasteiger partial charge in [0.05, 0.1) is 6.54 Å². The van der Waals surface area contributed by atoms with Crippen LogP contribution in [0.15, 0.2) is 24.3 Å². The summed E-state index contributed by atoms with van der Waals surface area (Å²) in [5, 5.41) is 12.0. The van der Waals surface area contributed by atoms with E-state index in [2.05, 4.69) is 5.10 Å². The maximum atomic E-state index is 13.8. The first-order chi connectivity index (χ1) is 9.58. The summed E-state index contributed by atoms with van der Waals surface area (Å²) in [6.07, 6.45) is 2.25. The van der Waals surface area contributed by atoms with E-state index in [1.807, 2.05) is 17.7 Å². The van der Waals surface area contributed by atoms with Crippen LogP contribution < -0.4 is 5.73 Å². The Balaban J connectivity index is 2.02. The van der Waals surface area contributed by atoms with Crippen molar-refractivity contribution in [1.29, 1.82) is 5.41 Å². The largest absolute Gasteiger partial charge is 0.382 e. The van der Waals surface area contributed by atoms with E-state index in [4.69, 9.17) is 11.1 Å². The van der Waals surface area contributed by atoms with Crippen LogP contribution in [0.2, 0.25) is 0 Å². The minimum Gasteiger partial charge on any atom is -0.382 e. The number of halogens is 1. The Morgan fingerprint density at radius 3 is 2.75 bits per heavy atom. The van der Waals surface area contributed by atoms with Crippen molar-refractivity contribution in [2.45, 2.75) is 32.2 Å². The lowest BCUT2D eigenvalue weighted by Gasteiger charge is -2.08. The Labute approximate surface area is 116 Å². The number of rotatable bonds is 4. The van der Waals surface area contributed by atoms with Crippen LogP contribution in [0.3, 0.4) is 0 Å². The highest BCUT2D eigenvalue weighted by Gasteiger charge is 2.31. The monoisotopic (exact) mass is 272 g/mol. The van der Waals surface area contributed by atoms with E-state index in [-0.39, 0.29) is 11.7 Å². The van der Waals surface area contributed by atoms with Crippen molar-refractivity contribution < 1.29 is 4.39 Å². The SMILES string of the molecule is Cc1c(C(=N)N)nn(Cc2ccccc2F)c1C1CC1. The quantitative estimate of drug-likeness (QED) is 0.663. The molecule has 1 aliphatic rings. The van der Waals surface area contributed by atoms with Crippen LogP contribution in [0, 0.1) is 18.2 Å². The minimum atomic E-state index is -0.230. The zero-order chi connectivity index (χ0) is 14.3. The highest BCUT2D eigenvalue weighted by Crippen LogP contribution is 2.42. The molecule has 5 heteroatoms. The summed E-state index contributed by atoms with van der Waals surface area (Å²) >= 11 is 0. The van der Waals surface area contributed by atoms with Crippen molar-refractivity contribution in [3.63, 3.8) is 0 Å². The maximum absolute atomic E-state index is 13.8. The molecule has 0 bridgehead atoms. The van der Waals surface area contributed by atoms with Gasteiger partial charge < -0.3 is 5.73 Å². The molecule has 1 heterocycles. The average molecular weight is 272 g/mol. The second-order valence-electron chi connectivity index (χ2n) is 5.30. The van der Waals surface area contributed by atoms with Crippen LogP contribution in [-0.2, 0) is 6.54 Å². The number of aromatic nitrogens is 2. The number of nitrogens with zero attached hydrogens (tertiary/aromatic N) is 2. The van der Waals surface area contributed by atoms with Gasteiger partial charge >= 0.3 is 0 Å². The first-order valence-electron chi connectivity index (χ1n) is 6.73. The van der Waals surface area contributed by atoms with Crippen molar-refractivity contribution in [1.82, 2.24) is 9.78 Å². The van der Waals surface area contributed by atoms with Crippen LogP contribution in [0.5, 0.6) is 0 Å². The number of hydrogen-bond donors (Lipinski definition) is 2. The van der Waals surface area contributed by atoms with Gasteiger partial charge in [-0.3, -0.25) is 10.1 Å². The minimum absolute atomic E-state index is 0.0308.